The smallest absolute Gasteiger partial charge is 0.172 e. The molecule has 1 aliphatic heterocycles. The van der Waals surface area contributed by atoms with Crippen LogP contribution in [0.5, 0.6) is 17.2 Å². The standard InChI is InChI=1S/C19H21ClFNO2/c1-22-10-3-5-16(22)9-11-23-18-8-7-15(21)13-19(18)24-17-6-2-4-14(20)12-17/h2,4,6-8,12-13,16H,3,5,9-11H2,1H3/t16-/m0/s1. The van der Waals surface area contributed by atoms with Gasteiger partial charge in [0.05, 0.1) is 6.61 Å². The molecule has 0 spiro atoms. The molecule has 3 nitrogen and oxygen atoms in total. The lowest BCUT2D eigenvalue weighted by molar-refractivity contribution is 0.229. The first-order valence-corrected chi connectivity index (χ1v) is 8.55. The number of ether oxygens (including phenoxy) is 2. The molecular formula is C19H21ClFNO2. The van der Waals surface area contributed by atoms with Gasteiger partial charge < -0.3 is 14.4 Å². The van der Waals surface area contributed by atoms with Crippen LogP contribution in [0.4, 0.5) is 4.39 Å². The molecule has 0 bridgehead atoms. The zero-order valence-electron chi connectivity index (χ0n) is 13.7. The first-order valence-electron chi connectivity index (χ1n) is 8.18. The number of hydrogen-bond acceptors (Lipinski definition) is 3. The molecule has 1 aliphatic rings. The summed E-state index contributed by atoms with van der Waals surface area (Å²) in [5.74, 6) is 1.08. The van der Waals surface area contributed by atoms with E-state index in [2.05, 4.69) is 11.9 Å². The molecule has 0 aliphatic carbocycles. The maximum Gasteiger partial charge on any atom is 0.172 e. The average molecular weight is 350 g/mol. The Morgan fingerprint density at radius 2 is 2.08 bits per heavy atom. The summed E-state index contributed by atoms with van der Waals surface area (Å²) in [4.78, 5) is 2.36. The predicted molar refractivity (Wildman–Crippen MR) is 93.7 cm³/mol. The Labute approximate surface area is 146 Å². The third-order valence-corrected chi connectivity index (χ3v) is 4.54. The highest BCUT2D eigenvalue weighted by Gasteiger charge is 2.20. The number of hydrogen-bond donors (Lipinski definition) is 0. The highest BCUT2D eigenvalue weighted by Crippen LogP contribution is 2.33. The number of nitrogens with zero attached hydrogens (tertiary/aromatic N) is 1. The first-order chi connectivity index (χ1) is 11.6. The molecule has 0 radical (unpaired) electrons. The summed E-state index contributed by atoms with van der Waals surface area (Å²) >= 11 is 5.96. The van der Waals surface area contributed by atoms with Crippen LogP contribution in [0.25, 0.3) is 0 Å². The molecule has 0 saturated carbocycles. The summed E-state index contributed by atoms with van der Waals surface area (Å²) in [6.45, 7) is 1.72. The van der Waals surface area contributed by atoms with Gasteiger partial charge in [0.1, 0.15) is 11.6 Å². The van der Waals surface area contributed by atoms with E-state index in [0.29, 0.717) is 34.9 Å². The lowest BCUT2D eigenvalue weighted by atomic mass is 10.1. The largest absolute Gasteiger partial charge is 0.490 e. The molecular weight excluding hydrogens is 329 g/mol. The average Bonchev–Trinajstić information content (AvgIpc) is 2.95. The summed E-state index contributed by atoms with van der Waals surface area (Å²) in [5.41, 5.74) is 0. The molecule has 0 aromatic heterocycles. The van der Waals surface area contributed by atoms with E-state index in [4.69, 9.17) is 21.1 Å². The predicted octanol–water partition coefficient (Wildman–Crippen LogP) is 5.13. The lowest BCUT2D eigenvalue weighted by Crippen LogP contribution is -2.26. The lowest BCUT2D eigenvalue weighted by Gasteiger charge is -2.20. The van der Waals surface area contributed by atoms with Crippen LogP contribution in [-0.2, 0) is 0 Å². The third-order valence-electron chi connectivity index (χ3n) is 4.31. The van der Waals surface area contributed by atoms with Gasteiger partial charge in [-0.2, -0.15) is 0 Å². The van der Waals surface area contributed by atoms with Gasteiger partial charge in [-0.1, -0.05) is 17.7 Å². The van der Waals surface area contributed by atoms with E-state index in [1.54, 1.807) is 30.3 Å². The minimum absolute atomic E-state index is 0.358. The topological polar surface area (TPSA) is 21.7 Å². The van der Waals surface area contributed by atoms with Crippen molar-refractivity contribution in [3.63, 3.8) is 0 Å². The molecule has 2 aromatic carbocycles. The maximum absolute atomic E-state index is 13.6. The Morgan fingerprint density at radius 3 is 2.83 bits per heavy atom. The fraction of sp³-hybridized carbons (Fsp3) is 0.368. The molecule has 0 unspecified atom stereocenters. The molecule has 128 valence electrons. The van der Waals surface area contributed by atoms with Crippen LogP contribution in [0.15, 0.2) is 42.5 Å². The Hall–Kier alpha value is -1.78. The van der Waals surface area contributed by atoms with Crippen molar-refractivity contribution in [3.05, 3.63) is 53.3 Å². The van der Waals surface area contributed by atoms with Crippen molar-refractivity contribution in [2.24, 2.45) is 0 Å². The summed E-state index contributed by atoms with van der Waals surface area (Å²) in [7, 11) is 2.14. The zero-order chi connectivity index (χ0) is 16.9. The van der Waals surface area contributed by atoms with E-state index in [-0.39, 0.29) is 5.82 Å². The van der Waals surface area contributed by atoms with Crippen molar-refractivity contribution in [2.75, 3.05) is 20.2 Å². The van der Waals surface area contributed by atoms with Crippen molar-refractivity contribution >= 4 is 11.6 Å². The number of benzene rings is 2. The Balaban J connectivity index is 1.66. The zero-order valence-corrected chi connectivity index (χ0v) is 14.4. The van der Waals surface area contributed by atoms with E-state index in [1.807, 2.05) is 0 Å². The maximum atomic E-state index is 13.6. The van der Waals surface area contributed by atoms with Crippen LogP contribution in [0.3, 0.4) is 0 Å². The normalized spacial score (nSPS) is 17.9. The van der Waals surface area contributed by atoms with Gasteiger partial charge in [-0.25, -0.2) is 4.39 Å². The fourth-order valence-electron chi connectivity index (χ4n) is 2.99. The van der Waals surface area contributed by atoms with Gasteiger partial charge in [0.25, 0.3) is 0 Å². The number of likely N-dealkylation sites (tertiary alicyclic amines) is 1. The minimum atomic E-state index is -0.366. The van der Waals surface area contributed by atoms with Crippen molar-refractivity contribution < 1.29 is 13.9 Å². The Bertz CT molecular complexity index is 695. The quantitative estimate of drug-likeness (QED) is 0.721. The van der Waals surface area contributed by atoms with Crippen LogP contribution in [0.2, 0.25) is 5.02 Å². The van der Waals surface area contributed by atoms with Gasteiger partial charge in [-0.15, -0.1) is 0 Å². The van der Waals surface area contributed by atoms with Crippen molar-refractivity contribution in [3.8, 4) is 17.2 Å². The summed E-state index contributed by atoms with van der Waals surface area (Å²) < 4.78 is 25.2. The summed E-state index contributed by atoms with van der Waals surface area (Å²) in [5, 5.41) is 0.565. The van der Waals surface area contributed by atoms with Gasteiger partial charge in [0.15, 0.2) is 11.5 Å². The monoisotopic (exact) mass is 349 g/mol. The highest BCUT2D eigenvalue weighted by atomic mass is 35.5. The molecule has 24 heavy (non-hydrogen) atoms. The Kier molecular flexibility index (Phi) is 5.59. The molecule has 1 saturated heterocycles. The van der Waals surface area contributed by atoms with Gasteiger partial charge >= 0.3 is 0 Å². The van der Waals surface area contributed by atoms with Crippen molar-refractivity contribution in [1.29, 1.82) is 0 Å². The van der Waals surface area contributed by atoms with Gasteiger partial charge in [0.2, 0.25) is 0 Å². The second kappa shape index (κ2) is 7.86. The Morgan fingerprint density at radius 1 is 1.21 bits per heavy atom. The highest BCUT2D eigenvalue weighted by molar-refractivity contribution is 6.30. The molecule has 5 heteroatoms. The molecule has 3 rings (SSSR count). The summed E-state index contributed by atoms with van der Waals surface area (Å²) in [6, 6.07) is 11.9. The van der Waals surface area contributed by atoms with Crippen LogP contribution in [0.1, 0.15) is 19.3 Å². The van der Waals surface area contributed by atoms with Crippen molar-refractivity contribution in [2.45, 2.75) is 25.3 Å². The third kappa shape index (κ3) is 4.40. The second-order valence-corrected chi connectivity index (χ2v) is 6.50. The minimum Gasteiger partial charge on any atom is -0.490 e. The van der Waals surface area contributed by atoms with E-state index in [1.165, 1.54) is 25.0 Å². The summed E-state index contributed by atoms with van der Waals surface area (Å²) in [6.07, 6.45) is 3.39. The molecule has 1 heterocycles. The number of rotatable bonds is 6. The van der Waals surface area contributed by atoms with Crippen LogP contribution in [-0.4, -0.2) is 31.1 Å². The molecule has 0 N–H and O–H groups in total. The van der Waals surface area contributed by atoms with E-state index >= 15 is 0 Å². The van der Waals surface area contributed by atoms with Crippen LogP contribution >= 0.6 is 11.6 Å². The SMILES string of the molecule is CN1CCC[C@H]1CCOc1ccc(F)cc1Oc1cccc(Cl)c1. The fourth-order valence-corrected chi connectivity index (χ4v) is 3.17. The number of halogens is 2. The van der Waals surface area contributed by atoms with Gasteiger partial charge in [0, 0.05) is 17.1 Å². The van der Waals surface area contributed by atoms with Gasteiger partial charge in [-0.3, -0.25) is 0 Å². The van der Waals surface area contributed by atoms with E-state index in [9.17, 15) is 4.39 Å². The van der Waals surface area contributed by atoms with Crippen LogP contribution in [0, 0.1) is 5.82 Å². The molecule has 1 atom stereocenters. The second-order valence-electron chi connectivity index (χ2n) is 6.06. The molecule has 2 aromatic rings. The molecule has 1 fully saturated rings. The first kappa shape index (κ1) is 17.1. The van der Waals surface area contributed by atoms with Crippen LogP contribution < -0.4 is 9.47 Å². The van der Waals surface area contributed by atoms with E-state index < -0.39 is 0 Å². The van der Waals surface area contributed by atoms with Crippen molar-refractivity contribution in [1.82, 2.24) is 4.90 Å². The molecule has 0 amide bonds. The van der Waals surface area contributed by atoms with Gasteiger partial charge in [-0.05, 0) is 63.2 Å². The van der Waals surface area contributed by atoms with E-state index in [0.717, 1.165) is 13.0 Å².